The largest absolute Gasteiger partial charge is 0.465 e. The maximum atomic E-state index is 11.8. The molecule has 1 aromatic carbocycles. The van der Waals surface area contributed by atoms with Crippen molar-refractivity contribution in [3.8, 4) is 0 Å². The van der Waals surface area contributed by atoms with Crippen molar-refractivity contribution in [2.45, 2.75) is 0 Å². The van der Waals surface area contributed by atoms with Gasteiger partial charge in [-0.2, -0.15) is 0 Å². The van der Waals surface area contributed by atoms with E-state index in [2.05, 4.69) is 10.2 Å². The summed E-state index contributed by atoms with van der Waals surface area (Å²) in [4.78, 5) is 14.1. The molecule has 5 heteroatoms. The number of carbonyl (C=O) groups is 1. The van der Waals surface area contributed by atoms with Crippen LogP contribution in [0.2, 0.25) is 0 Å². The summed E-state index contributed by atoms with van der Waals surface area (Å²) in [6, 6.07) is 11.4. The highest BCUT2D eigenvalue weighted by atomic mass is 16.5. The van der Waals surface area contributed by atoms with Crippen molar-refractivity contribution in [1.29, 1.82) is 0 Å². The molecule has 2 aromatic rings. The number of ether oxygens (including phenoxy) is 1. The Morgan fingerprint density at radius 1 is 1.14 bits per heavy atom. The molecule has 1 N–H and O–H groups in total. The molecule has 0 spiro atoms. The second-order valence-electron chi connectivity index (χ2n) is 4.98. The SMILES string of the molecule is O=C(/C=C\c1ccco1)Nc1ccc(N2CCOCC2)cc1. The van der Waals surface area contributed by atoms with Gasteiger partial charge in [-0.05, 0) is 42.5 Å². The first-order valence-electron chi connectivity index (χ1n) is 7.26. The fourth-order valence-corrected chi connectivity index (χ4v) is 2.30. The van der Waals surface area contributed by atoms with Gasteiger partial charge < -0.3 is 19.4 Å². The van der Waals surface area contributed by atoms with E-state index < -0.39 is 0 Å². The van der Waals surface area contributed by atoms with Gasteiger partial charge in [0, 0.05) is 30.5 Å². The Kier molecular flexibility index (Phi) is 4.56. The lowest BCUT2D eigenvalue weighted by molar-refractivity contribution is -0.111. The third-order valence-corrected chi connectivity index (χ3v) is 3.45. The Labute approximate surface area is 129 Å². The minimum absolute atomic E-state index is 0.185. The first-order chi connectivity index (χ1) is 10.8. The number of hydrogen-bond donors (Lipinski definition) is 1. The number of furan rings is 1. The molecule has 1 aliphatic rings. The second-order valence-corrected chi connectivity index (χ2v) is 4.98. The van der Waals surface area contributed by atoms with E-state index in [1.165, 1.54) is 6.08 Å². The molecule has 0 saturated carbocycles. The Hall–Kier alpha value is -2.53. The van der Waals surface area contributed by atoms with Crippen molar-refractivity contribution >= 4 is 23.4 Å². The second kappa shape index (κ2) is 6.95. The highest BCUT2D eigenvalue weighted by Gasteiger charge is 2.10. The number of hydrogen-bond acceptors (Lipinski definition) is 4. The van der Waals surface area contributed by atoms with E-state index in [4.69, 9.17) is 9.15 Å². The minimum atomic E-state index is -0.185. The highest BCUT2D eigenvalue weighted by molar-refractivity contribution is 6.01. The van der Waals surface area contributed by atoms with Gasteiger partial charge >= 0.3 is 0 Å². The molecular formula is C17H18N2O3. The van der Waals surface area contributed by atoms with Gasteiger partial charge in [0.25, 0.3) is 0 Å². The molecular weight excluding hydrogens is 280 g/mol. The third-order valence-electron chi connectivity index (χ3n) is 3.45. The number of nitrogens with zero attached hydrogens (tertiary/aromatic N) is 1. The maximum absolute atomic E-state index is 11.8. The van der Waals surface area contributed by atoms with Gasteiger partial charge in [0.2, 0.25) is 5.91 Å². The van der Waals surface area contributed by atoms with Gasteiger partial charge in [0.05, 0.1) is 19.5 Å². The summed E-state index contributed by atoms with van der Waals surface area (Å²) in [6.07, 6.45) is 4.66. The van der Waals surface area contributed by atoms with E-state index in [1.807, 2.05) is 24.3 Å². The molecule has 1 aliphatic heterocycles. The molecule has 2 heterocycles. The van der Waals surface area contributed by atoms with Crippen LogP contribution in [0.4, 0.5) is 11.4 Å². The van der Waals surface area contributed by atoms with Gasteiger partial charge in [-0.25, -0.2) is 0 Å². The predicted octanol–water partition coefficient (Wildman–Crippen LogP) is 2.77. The van der Waals surface area contributed by atoms with Crippen molar-refractivity contribution < 1.29 is 13.9 Å². The van der Waals surface area contributed by atoms with Crippen molar-refractivity contribution in [1.82, 2.24) is 0 Å². The number of nitrogens with one attached hydrogen (secondary N) is 1. The Morgan fingerprint density at radius 2 is 1.91 bits per heavy atom. The van der Waals surface area contributed by atoms with Crippen LogP contribution in [-0.2, 0) is 9.53 Å². The summed E-state index contributed by atoms with van der Waals surface area (Å²) < 4.78 is 10.5. The average molecular weight is 298 g/mol. The maximum Gasteiger partial charge on any atom is 0.248 e. The summed E-state index contributed by atoms with van der Waals surface area (Å²) >= 11 is 0. The van der Waals surface area contributed by atoms with E-state index in [0.717, 1.165) is 37.7 Å². The Morgan fingerprint density at radius 3 is 2.59 bits per heavy atom. The summed E-state index contributed by atoms with van der Waals surface area (Å²) in [7, 11) is 0. The third kappa shape index (κ3) is 3.77. The first-order valence-corrected chi connectivity index (χ1v) is 7.26. The molecule has 1 amide bonds. The predicted molar refractivity (Wildman–Crippen MR) is 85.8 cm³/mol. The molecule has 0 atom stereocenters. The van der Waals surface area contributed by atoms with E-state index in [-0.39, 0.29) is 5.91 Å². The molecule has 5 nitrogen and oxygen atoms in total. The zero-order valence-corrected chi connectivity index (χ0v) is 12.2. The van der Waals surface area contributed by atoms with Crippen LogP contribution in [0.1, 0.15) is 5.76 Å². The van der Waals surface area contributed by atoms with Crippen LogP contribution in [-0.4, -0.2) is 32.2 Å². The molecule has 0 bridgehead atoms. The van der Waals surface area contributed by atoms with Crippen LogP contribution in [0.3, 0.4) is 0 Å². The summed E-state index contributed by atoms with van der Waals surface area (Å²) in [5.41, 5.74) is 1.92. The molecule has 1 saturated heterocycles. The minimum Gasteiger partial charge on any atom is -0.465 e. The Balaban J connectivity index is 1.57. The zero-order valence-electron chi connectivity index (χ0n) is 12.2. The summed E-state index contributed by atoms with van der Waals surface area (Å²) in [5, 5.41) is 2.82. The Bertz CT molecular complexity index is 626. The van der Waals surface area contributed by atoms with Crippen molar-refractivity contribution in [3.63, 3.8) is 0 Å². The molecule has 3 rings (SSSR count). The van der Waals surface area contributed by atoms with Crippen LogP contribution in [0, 0.1) is 0 Å². The number of anilines is 2. The van der Waals surface area contributed by atoms with Crippen LogP contribution < -0.4 is 10.2 Å². The normalized spacial score (nSPS) is 15.2. The molecule has 0 unspecified atom stereocenters. The van der Waals surface area contributed by atoms with E-state index in [1.54, 1.807) is 24.5 Å². The van der Waals surface area contributed by atoms with Crippen molar-refractivity contribution in [2.24, 2.45) is 0 Å². The van der Waals surface area contributed by atoms with Crippen LogP contribution in [0.5, 0.6) is 0 Å². The standard InChI is InChI=1S/C17H18N2O3/c20-17(8-7-16-2-1-11-22-16)18-14-3-5-15(6-4-14)19-9-12-21-13-10-19/h1-8,11H,9-10,12-13H2,(H,18,20)/b8-7-. The lowest BCUT2D eigenvalue weighted by atomic mass is 10.2. The number of morpholine rings is 1. The molecule has 1 fully saturated rings. The smallest absolute Gasteiger partial charge is 0.248 e. The van der Waals surface area contributed by atoms with Crippen LogP contribution >= 0.6 is 0 Å². The monoisotopic (exact) mass is 298 g/mol. The average Bonchev–Trinajstić information content (AvgIpc) is 3.08. The molecule has 114 valence electrons. The first kappa shape index (κ1) is 14.4. The molecule has 0 aliphatic carbocycles. The van der Waals surface area contributed by atoms with Gasteiger partial charge in [0.1, 0.15) is 5.76 Å². The van der Waals surface area contributed by atoms with Crippen molar-refractivity contribution in [2.75, 3.05) is 36.5 Å². The van der Waals surface area contributed by atoms with Crippen molar-refractivity contribution in [3.05, 3.63) is 54.5 Å². The van der Waals surface area contributed by atoms with Gasteiger partial charge in [-0.15, -0.1) is 0 Å². The lowest BCUT2D eigenvalue weighted by Gasteiger charge is -2.28. The number of rotatable bonds is 4. The quantitative estimate of drug-likeness (QED) is 0.882. The molecule has 22 heavy (non-hydrogen) atoms. The van der Waals surface area contributed by atoms with E-state index >= 15 is 0 Å². The number of benzene rings is 1. The lowest BCUT2D eigenvalue weighted by Crippen LogP contribution is -2.36. The summed E-state index contributed by atoms with van der Waals surface area (Å²) in [5.74, 6) is 0.466. The summed E-state index contributed by atoms with van der Waals surface area (Å²) in [6.45, 7) is 3.32. The molecule has 0 radical (unpaired) electrons. The van der Waals surface area contributed by atoms with Crippen LogP contribution in [0.25, 0.3) is 6.08 Å². The fraction of sp³-hybridized carbons (Fsp3) is 0.235. The van der Waals surface area contributed by atoms with Crippen LogP contribution in [0.15, 0.2) is 53.2 Å². The van der Waals surface area contributed by atoms with E-state index in [9.17, 15) is 4.79 Å². The highest BCUT2D eigenvalue weighted by Crippen LogP contribution is 2.19. The van der Waals surface area contributed by atoms with Gasteiger partial charge in [-0.3, -0.25) is 4.79 Å². The van der Waals surface area contributed by atoms with Gasteiger partial charge in [-0.1, -0.05) is 0 Å². The van der Waals surface area contributed by atoms with E-state index in [0.29, 0.717) is 5.76 Å². The fourth-order valence-electron chi connectivity index (χ4n) is 2.30. The number of amides is 1. The zero-order chi connectivity index (χ0) is 15.2. The number of carbonyl (C=O) groups excluding carboxylic acids is 1. The molecule has 1 aromatic heterocycles. The van der Waals surface area contributed by atoms with Gasteiger partial charge in [0.15, 0.2) is 0 Å². The topological polar surface area (TPSA) is 54.7 Å².